The number of carbonyl (C=O) groups excluding carboxylic acids is 5. The molecule has 4 amide bonds. The second kappa shape index (κ2) is 20.6. The zero-order chi connectivity index (χ0) is 48.3. The van der Waals surface area contributed by atoms with Crippen LogP contribution in [0.4, 0.5) is 0 Å². The number of pyridine rings is 1. The molecule has 2 aromatic carbocycles. The molecule has 0 spiro atoms. The molecule has 7 rings (SSSR count). The van der Waals surface area contributed by atoms with E-state index in [1.54, 1.807) is 53.4 Å². The molecule has 17 nitrogen and oxygen atoms in total. The maximum Gasteiger partial charge on any atom is 0.324 e. The van der Waals surface area contributed by atoms with Crippen molar-refractivity contribution >= 4 is 40.5 Å². The standard InChI is InChI=1S/C50H66N8O9/c1-10-57-41-14-13-31-22-35(41)36(45(57)37-24-51-16-15-32(37)26-65-8)23-50(4,5)28-67-49(64)38-12-11-17-58(54-38)47(62)39(20-30-18-33(31)21-34(59)19-30)53-46(61)44(29(2)3)56(7)42(60)25-55(6)48(63)43-40(52-43)27-66-9/h13-16,18-19,21-22,24,29,38-40,43-44,52,54,59H,10-12,17,20,23,25-28H2,1-9H3,(H,53,61)/t38-,39-,40-,43+,44?/m0/s1. The van der Waals surface area contributed by atoms with Gasteiger partial charge in [0.25, 0.3) is 5.91 Å². The lowest BCUT2D eigenvalue weighted by atomic mass is 9.84. The minimum atomic E-state index is -1.19. The summed E-state index contributed by atoms with van der Waals surface area (Å²) in [7, 11) is 6.28. The van der Waals surface area contributed by atoms with Crippen molar-refractivity contribution in [3.05, 3.63) is 71.5 Å². The summed E-state index contributed by atoms with van der Waals surface area (Å²) in [6, 6.07) is 9.73. The predicted molar refractivity (Wildman–Crippen MR) is 252 cm³/mol. The van der Waals surface area contributed by atoms with Gasteiger partial charge in [0.05, 0.1) is 38.1 Å². The molecule has 1 unspecified atom stereocenters. The number of hydrogen-bond donors (Lipinski definition) is 4. The van der Waals surface area contributed by atoms with Crippen LogP contribution < -0.4 is 16.1 Å². The predicted octanol–water partition coefficient (Wildman–Crippen LogP) is 3.82. The van der Waals surface area contributed by atoms with E-state index in [1.807, 2.05) is 24.4 Å². The van der Waals surface area contributed by atoms with Crippen LogP contribution in [0.15, 0.2) is 54.9 Å². The van der Waals surface area contributed by atoms with Crippen molar-refractivity contribution in [3.8, 4) is 28.1 Å². The van der Waals surface area contributed by atoms with Crippen molar-refractivity contribution in [2.45, 2.75) is 104 Å². The van der Waals surface area contributed by atoms with Crippen LogP contribution in [-0.2, 0) is 64.2 Å². The minimum Gasteiger partial charge on any atom is -0.508 e. The number of nitrogens with one attached hydrogen (secondary N) is 3. The topological polar surface area (TPSA) is 207 Å². The monoisotopic (exact) mass is 922 g/mol. The lowest BCUT2D eigenvalue weighted by Crippen LogP contribution is -2.62. The largest absolute Gasteiger partial charge is 0.508 e. The highest BCUT2D eigenvalue weighted by Gasteiger charge is 2.44. The fourth-order valence-electron chi connectivity index (χ4n) is 9.64. The summed E-state index contributed by atoms with van der Waals surface area (Å²) in [6.45, 7) is 11.4. The molecule has 2 fully saturated rings. The summed E-state index contributed by atoms with van der Waals surface area (Å²) >= 11 is 0. The van der Waals surface area contributed by atoms with Crippen LogP contribution in [0.25, 0.3) is 33.3 Å². The van der Waals surface area contributed by atoms with Gasteiger partial charge in [0.2, 0.25) is 17.7 Å². The number of methoxy groups -OCH3 is 2. The van der Waals surface area contributed by atoms with Crippen molar-refractivity contribution in [2.24, 2.45) is 11.3 Å². The number of nitrogens with zero attached hydrogens (tertiary/aromatic N) is 5. The molecule has 4 aromatic rings. The number of likely N-dealkylation sites (N-methyl/N-ethyl adjacent to an activating group) is 2. The number of aryl methyl sites for hydroxylation is 1. The molecule has 0 radical (unpaired) electrons. The Balaban J connectivity index is 1.27. The third-order valence-electron chi connectivity index (χ3n) is 13.1. The molecule has 4 N–H and O–H groups in total. The molecule has 6 bridgehead atoms. The zero-order valence-corrected chi connectivity index (χ0v) is 40.2. The van der Waals surface area contributed by atoms with Gasteiger partial charge in [-0.3, -0.25) is 39.3 Å². The molecule has 0 aliphatic carbocycles. The summed E-state index contributed by atoms with van der Waals surface area (Å²) in [4.78, 5) is 77.0. The number of esters is 1. The molecule has 3 aliphatic heterocycles. The lowest BCUT2D eigenvalue weighted by Gasteiger charge is -2.37. The van der Waals surface area contributed by atoms with E-state index >= 15 is 0 Å². The first-order valence-corrected chi connectivity index (χ1v) is 23.2. The molecular weight excluding hydrogens is 857 g/mol. The molecular formula is C50H66N8O9. The normalized spacial score (nSPS) is 21.1. The maximum atomic E-state index is 14.7. The van der Waals surface area contributed by atoms with Crippen molar-refractivity contribution in [2.75, 3.05) is 54.6 Å². The summed E-state index contributed by atoms with van der Waals surface area (Å²) < 4.78 is 19.1. The Morgan fingerprint density at radius 3 is 2.55 bits per heavy atom. The Bertz CT molecular complexity index is 2500. The fraction of sp³-hybridized carbons (Fsp3) is 0.520. The van der Waals surface area contributed by atoms with Gasteiger partial charge in [-0.2, -0.15) is 0 Å². The molecule has 0 saturated carbocycles. The first kappa shape index (κ1) is 49.0. The molecule has 17 heteroatoms. The van der Waals surface area contributed by atoms with Gasteiger partial charge in [0.1, 0.15) is 29.9 Å². The number of rotatable bonds is 13. The van der Waals surface area contributed by atoms with E-state index in [1.165, 1.54) is 21.9 Å². The third kappa shape index (κ3) is 10.8. The van der Waals surface area contributed by atoms with Crippen molar-refractivity contribution in [3.63, 3.8) is 0 Å². The van der Waals surface area contributed by atoms with E-state index in [-0.39, 0.29) is 43.8 Å². The highest BCUT2D eigenvalue weighted by molar-refractivity contribution is 5.96. The Morgan fingerprint density at radius 1 is 1.06 bits per heavy atom. The summed E-state index contributed by atoms with van der Waals surface area (Å²) in [5.41, 5.74) is 9.64. The number of ether oxygens (including phenoxy) is 3. The van der Waals surface area contributed by atoms with Gasteiger partial charge in [-0.15, -0.1) is 0 Å². The fourth-order valence-corrected chi connectivity index (χ4v) is 9.64. The van der Waals surface area contributed by atoms with Gasteiger partial charge in [-0.25, -0.2) is 5.43 Å². The van der Waals surface area contributed by atoms with E-state index in [0.717, 1.165) is 38.9 Å². The van der Waals surface area contributed by atoms with E-state index in [0.29, 0.717) is 50.1 Å². The second-order valence-electron chi connectivity index (χ2n) is 19.3. The molecule has 5 atom stereocenters. The Labute approximate surface area is 392 Å². The maximum absolute atomic E-state index is 14.7. The van der Waals surface area contributed by atoms with Crippen molar-refractivity contribution in [1.29, 1.82) is 0 Å². The van der Waals surface area contributed by atoms with E-state index < -0.39 is 59.2 Å². The van der Waals surface area contributed by atoms with Gasteiger partial charge in [-0.1, -0.05) is 39.8 Å². The first-order valence-electron chi connectivity index (χ1n) is 23.2. The van der Waals surface area contributed by atoms with Gasteiger partial charge < -0.3 is 39.0 Å². The average Bonchev–Trinajstić information content (AvgIpc) is 4.00. The second-order valence-corrected chi connectivity index (χ2v) is 19.3. The van der Waals surface area contributed by atoms with Crippen LogP contribution >= 0.6 is 0 Å². The van der Waals surface area contributed by atoms with Crippen LogP contribution in [0.2, 0.25) is 0 Å². The van der Waals surface area contributed by atoms with Crippen molar-refractivity contribution in [1.82, 2.24) is 40.4 Å². The van der Waals surface area contributed by atoms with Crippen LogP contribution in [0.1, 0.15) is 64.2 Å². The highest BCUT2D eigenvalue weighted by Crippen LogP contribution is 2.41. The number of carbonyl (C=O) groups is 5. The number of phenols is 1. The number of amides is 4. The number of phenolic OH excluding ortho intramolecular Hbond substituents is 1. The summed E-state index contributed by atoms with van der Waals surface area (Å²) in [6.07, 6.45) is 5.07. The molecule has 3 aliphatic rings. The van der Waals surface area contributed by atoms with Crippen LogP contribution in [0, 0.1) is 11.3 Å². The number of benzene rings is 2. The SMILES string of the molecule is CCn1c(-c2cnccc2COC)c2c3cc(ccc31)-c1cc(O)cc(c1)C[C@H](NC(=O)C(C(C)C)N(C)C(=O)CN(C)C(=O)[C@@H]1N[C@H]1COC)C(=O)N1CCC[C@H](N1)C(=O)OCC(C)(C)C2. The van der Waals surface area contributed by atoms with Gasteiger partial charge in [0, 0.05) is 82.1 Å². The highest BCUT2D eigenvalue weighted by atomic mass is 16.5. The van der Waals surface area contributed by atoms with Gasteiger partial charge in [0.15, 0.2) is 0 Å². The Morgan fingerprint density at radius 2 is 1.84 bits per heavy atom. The molecule has 360 valence electrons. The number of aromatic hydroxyl groups is 1. The number of hydrogen-bond acceptors (Lipinski definition) is 12. The molecule has 67 heavy (non-hydrogen) atoms. The number of aromatic nitrogens is 2. The lowest BCUT2D eigenvalue weighted by molar-refractivity contribution is -0.155. The van der Waals surface area contributed by atoms with Gasteiger partial charge in [-0.05, 0) is 90.3 Å². The van der Waals surface area contributed by atoms with E-state index in [4.69, 9.17) is 14.2 Å². The van der Waals surface area contributed by atoms with E-state index in [2.05, 4.69) is 58.5 Å². The smallest absolute Gasteiger partial charge is 0.324 e. The summed E-state index contributed by atoms with van der Waals surface area (Å²) in [5, 5.41) is 19.7. The number of cyclic esters (lactones) is 1. The Kier molecular flexibility index (Phi) is 15.0. The van der Waals surface area contributed by atoms with E-state index in [9.17, 15) is 29.1 Å². The van der Waals surface area contributed by atoms with Crippen LogP contribution in [0.3, 0.4) is 0 Å². The minimum absolute atomic E-state index is 0.0230. The summed E-state index contributed by atoms with van der Waals surface area (Å²) in [5.74, 6) is -2.69. The zero-order valence-electron chi connectivity index (χ0n) is 40.2. The average molecular weight is 923 g/mol. The molecule has 5 heterocycles. The number of fused-ring (bicyclic) bond motifs is 6. The van der Waals surface area contributed by atoms with Crippen LogP contribution in [0.5, 0.6) is 5.75 Å². The van der Waals surface area contributed by atoms with Crippen molar-refractivity contribution < 1.29 is 43.3 Å². The van der Waals surface area contributed by atoms with Gasteiger partial charge >= 0.3 is 5.97 Å². The number of hydrazine groups is 1. The third-order valence-corrected chi connectivity index (χ3v) is 13.1. The Hall–Kier alpha value is -5.88. The quantitative estimate of drug-likeness (QED) is 0.112. The van der Waals surface area contributed by atoms with Crippen LogP contribution in [-0.4, -0.2) is 144 Å². The molecule has 2 saturated heterocycles. The first-order chi connectivity index (χ1) is 31.9. The molecule has 2 aromatic heterocycles.